The normalized spacial score (nSPS) is 31.2. The van der Waals surface area contributed by atoms with Gasteiger partial charge in [-0.2, -0.15) is 0 Å². The van der Waals surface area contributed by atoms with Gasteiger partial charge in [0.05, 0.1) is 30.6 Å². The molecule has 4 heterocycles. The number of guanidine groups is 1. The highest BCUT2D eigenvalue weighted by molar-refractivity contribution is 5.94. The third kappa shape index (κ3) is 2.84. The van der Waals surface area contributed by atoms with Gasteiger partial charge in [-0.05, 0) is 25.0 Å². The van der Waals surface area contributed by atoms with Gasteiger partial charge in [-0.1, -0.05) is 0 Å². The molecule has 3 aliphatic heterocycles. The molecule has 1 aromatic rings. The minimum Gasteiger partial charge on any atom is -0.374 e. The van der Waals surface area contributed by atoms with Crippen LogP contribution in [0.15, 0.2) is 29.5 Å². The number of likely N-dealkylation sites (tertiary alicyclic amines) is 1. The second-order valence-corrected chi connectivity index (χ2v) is 6.71. The minimum atomic E-state index is -0.105. The predicted octanol–water partition coefficient (Wildman–Crippen LogP) is 0.705. The van der Waals surface area contributed by atoms with E-state index in [1.54, 1.807) is 25.5 Å². The summed E-state index contributed by atoms with van der Waals surface area (Å²) in [6.07, 6.45) is 6.55. The van der Waals surface area contributed by atoms with Crippen molar-refractivity contribution in [1.82, 2.24) is 15.2 Å². The molecule has 0 radical (unpaired) electrons. The molecule has 0 aliphatic carbocycles. The Morgan fingerprint density at radius 1 is 1.38 bits per heavy atom. The van der Waals surface area contributed by atoms with Gasteiger partial charge in [0.1, 0.15) is 0 Å². The standard InChI is InChI=1S/C17H23N5O2/c1-18-17(20-8-16(23)21-11-3-2-6-19-7-11)22-9-12-13(10-22)15-5-4-14(12)24-15/h2-3,6-7,12-15H,4-5,8-10H2,1H3,(H,18,20)(H,21,23). The highest BCUT2D eigenvalue weighted by atomic mass is 16.5. The lowest BCUT2D eigenvalue weighted by atomic mass is 9.82. The quantitative estimate of drug-likeness (QED) is 0.631. The molecule has 4 unspecified atom stereocenters. The largest absolute Gasteiger partial charge is 0.374 e. The third-order valence-electron chi connectivity index (χ3n) is 5.32. The summed E-state index contributed by atoms with van der Waals surface area (Å²) in [5.41, 5.74) is 0.698. The number of aromatic nitrogens is 1. The van der Waals surface area contributed by atoms with Gasteiger partial charge >= 0.3 is 0 Å². The first-order valence-corrected chi connectivity index (χ1v) is 8.55. The molecule has 1 aromatic heterocycles. The van der Waals surface area contributed by atoms with Crippen LogP contribution in [0.3, 0.4) is 0 Å². The number of amides is 1. The average molecular weight is 329 g/mol. The Morgan fingerprint density at radius 2 is 2.12 bits per heavy atom. The molecule has 2 bridgehead atoms. The number of fused-ring (bicyclic) bond motifs is 5. The van der Waals surface area contributed by atoms with Crippen molar-refractivity contribution in [2.45, 2.75) is 25.0 Å². The zero-order valence-corrected chi connectivity index (χ0v) is 13.8. The van der Waals surface area contributed by atoms with Gasteiger partial charge in [0.15, 0.2) is 5.96 Å². The van der Waals surface area contributed by atoms with Crippen molar-refractivity contribution < 1.29 is 9.53 Å². The first kappa shape index (κ1) is 15.4. The summed E-state index contributed by atoms with van der Waals surface area (Å²) in [6.45, 7) is 2.13. The first-order chi connectivity index (χ1) is 11.7. The van der Waals surface area contributed by atoms with Crippen molar-refractivity contribution in [2.24, 2.45) is 16.8 Å². The monoisotopic (exact) mass is 329 g/mol. The number of anilines is 1. The van der Waals surface area contributed by atoms with E-state index in [2.05, 4.69) is 25.5 Å². The topological polar surface area (TPSA) is 78.8 Å². The van der Waals surface area contributed by atoms with E-state index in [0.717, 1.165) is 19.0 Å². The van der Waals surface area contributed by atoms with Crippen molar-refractivity contribution in [2.75, 3.05) is 32.0 Å². The second-order valence-electron chi connectivity index (χ2n) is 6.71. The van der Waals surface area contributed by atoms with Crippen molar-refractivity contribution >= 4 is 17.6 Å². The summed E-state index contributed by atoms with van der Waals surface area (Å²) in [5.74, 6) is 1.93. The van der Waals surface area contributed by atoms with Gasteiger partial charge in [0, 0.05) is 38.2 Å². The number of carbonyl (C=O) groups excluding carboxylic acids is 1. The Hall–Kier alpha value is -2.15. The summed E-state index contributed by atoms with van der Waals surface area (Å²) in [4.78, 5) is 22.7. The molecule has 4 rings (SSSR count). The number of hydrogen-bond donors (Lipinski definition) is 2. The SMILES string of the molecule is CN=C(NCC(=O)Nc1cccnc1)N1CC2C3CCC(O3)C2C1. The van der Waals surface area contributed by atoms with Crippen LogP contribution in [0.4, 0.5) is 5.69 Å². The lowest BCUT2D eigenvalue weighted by Crippen LogP contribution is -2.44. The van der Waals surface area contributed by atoms with Crippen LogP contribution in [-0.4, -0.2) is 60.6 Å². The second kappa shape index (κ2) is 6.39. The fourth-order valence-electron chi connectivity index (χ4n) is 4.27. The van der Waals surface area contributed by atoms with Crippen molar-refractivity contribution in [3.8, 4) is 0 Å². The third-order valence-corrected chi connectivity index (χ3v) is 5.32. The lowest BCUT2D eigenvalue weighted by molar-refractivity contribution is -0.115. The van der Waals surface area contributed by atoms with E-state index < -0.39 is 0 Å². The maximum absolute atomic E-state index is 12.1. The first-order valence-electron chi connectivity index (χ1n) is 8.55. The van der Waals surface area contributed by atoms with E-state index in [4.69, 9.17) is 4.74 Å². The number of nitrogens with zero attached hydrogens (tertiary/aromatic N) is 3. The van der Waals surface area contributed by atoms with Crippen LogP contribution in [0.1, 0.15) is 12.8 Å². The van der Waals surface area contributed by atoms with Crippen LogP contribution in [0.2, 0.25) is 0 Å². The zero-order valence-electron chi connectivity index (χ0n) is 13.8. The Kier molecular flexibility index (Phi) is 4.10. The van der Waals surface area contributed by atoms with E-state index in [-0.39, 0.29) is 12.5 Å². The fraction of sp³-hybridized carbons (Fsp3) is 0.588. The number of pyridine rings is 1. The minimum absolute atomic E-state index is 0.105. The van der Waals surface area contributed by atoms with Gasteiger partial charge in [-0.25, -0.2) is 0 Å². The number of ether oxygens (including phenoxy) is 1. The summed E-state index contributed by atoms with van der Waals surface area (Å²) in [7, 11) is 1.76. The number of carbonyl (C=O) groups is 1. The summed E-state index contributed by atoms with van der Waals surface area (Å²) >= 11 is 0. The van der Waals surface area contributed by atoms with Gasteiger partial charge in [-0.15, -0.1) is 0 Å². The number of aliphatic imine (C=N–C) groups is 1. The van der Waals surface area contributed by atoms with E-state index in [0.29, 0.717) is 29.7 Å². The van der Waals surface area contributed by atoms with Crippen LogP contribution in [0, 0.1) is 11.8 Å². The molecule has 0 aromatic carbocycles. The molecule has 24 heavy (non-hydrogen) atoms. The van der Waals surface area contributed by atoms with Crippen LogP contribution < -0.4 is 10.6 Å². The van der Waals surface area contributed by atoms with Crippen molar-refractivity contribution in [3.63, 3.8) is 0 Å². The van der Waals surface area contributed by atoms with Gasteiger partial charge in [0.2, 0.25) is 5.91 Å². The van der Waals surface area contributed by atoms with Crippen LogP contribution in [-0.2, 0) is 9.53 Å². The Balaban J connectivity index is 1.30. The average Bonchev–Trinajstić information content (AvgIpc) is 3.29. The predicted molar refractivity (Wildman–Crippen MR) is 90.7 cm³/mol. The molecule has 1 amide bonds. The lowest BCUT2D eigenvalue weighted by Gasteiger charge is -2.23. The smallest absolute Gasteiger partial charge is 0.243 e. The molecule has 128 valence electrons. The number of nitrogens with one attached hydrogen (secondary N) is 2. The van der Waals surface area contributed by atoms with Crippen molar-refractivity contribution in [3.05, 3.63) is 24.5 Å². The number of rotatable bonds is 3. The molecule has 0 saturated carbocycles. The highest BCUT2D eigenvalue weighted by Gasteiger charge is 2.53. The summed E-state index contributed by atoms with van der Waals surface area (Å²) in [6, 6.07) is 3.61. The number of hydrogen-bond acceptors (Lipinski definition) is 4. The fourth-order valence-corrected chi connectivity index (χ4v) is 4.27. The maximum atomic E-state index is 12.1. The molecule has 2 N–H and O–H groups in total. The molecule has 3 fully saturated rings. The zero-order chi connectivity index (χ0) is 16.5. The van der Waals surface area contributed by atoms with E-state index >= 15 is 0 Å². The molecule has 7 heteroatoms. The Labute approximate surface area is 141 Å². The Morgan fingerprint density at radius 3 is 2.75 bits per heavy atom. The van der Waals surface area contributed by atoms with Crippen LogP contribution in [0.25, 0.3) is 0 Å². The van der Waals surface area contributed by atoms with Crippen molar-refractivity contribution in [1.29, 1.82) is 0 Å². The molecular weight excluding hydrogens is 306 g/mol. The van der Waals surface area contributed by atoms with Crippen LogP contribution >= 0.6 is 0 Å². The van der Waals surface area contributed by atoms with E-state index in [9.17, 15) is 4.79 Å². The van der Waals surface area contributed by atoms with Gasteiger partial charge in [0.25, 0.3) is 0 Å². The van der Waals surface area contributed by atoms with Gasteiger partial charge < -0.3 is 20.3 Å². The molecule has 4 atom stereocenters. The van der Waals surface area contributed by atoms with E-state index in [1.807, 2.05) is 6.07 Å². The summed E-state index contributed by atoms with van der Waals surface area (Å²) in [5, 5.41) is 5.99. The molecular formula is C17H23N5O2. The van der Waals surface area contributed by atoms with E-state index in [1.165, 1.54) is 12.8 Å². The molecule has 3 aliphatic rings. The maximum Gasteiger partial charge on any atom is 0.243 e. The van der Waals surface area contributed by atoms with Gasteiger partial charge in [-0.3, -0.25) is 14.8 Å². The Bertz CT molecular complexity index is 617. The highest BCUT2D eigenvalue weighted by Crippen LogP contribution is 2.47. The molecule has 0 spiro atoms. The van der Waals surface area contributed by atoms with Crippen LogP contribution in [0.5, 0.6) is 0 Å². The summed E-state index contributed by atoms with van der Waals surface area (Å²) < 4.78 is 6.01. The molecule has 3 saturated heterocycles. The molecule has 7 nitrogen and oxygen atoms in total.